The summed E-state index contributed by atoms with van der Waals surface area (Å²) in [7, 11) is 0. The van der Waals surface area contributed by atoms with Crippen LogP contribution in [0.1, 0.15) is 13.8 Å². The van der Waals surface area contributed by atoms with E-state index in [0.29, 0.717) is 0 Å². The van der Waals surface area contributed by atoms with E-state index >= 15 is 0 Å². The first-order valence-corrected chi connectivity index (χ1v) is 4.22. The van der Waals surface area contributed by atoms with E-state index in [0.717, 1.165) is 12.3 Å². The van der Waals surface area contributed by atoms with Gasteiger partial charge >= 0.3 is 58.4 Å². The van der Waals surface area contributed by atoms with Crippen LogP contribution in [-0.2, 0) is 0 Å². The van der Waals surface area contributed by atoms with Gasteiger partial charge in [-0.15, -0.1) is 0 Å². The van der Waals surface area contributed by atoms with Crippen LogP contribution in [0.2, 0.25) is 0 Å². The minimum absolute atomic E-state index is 0. The molecule has 0 radical (unpaired) electrons. The van der Waals surface area contributed by atoms with Gasteiger partial charge in [-0.25, -0.2) is 4.98 Å². The molecule has 1 aromatic rings. The standard InChI is InChI=1S/C8H10BF3NO.K/c1-6(2)14-8-4-3-7(5-13-8)9(10,11)12;/h3-6H,1-2H3;/q-1;+1. The van der Waals surface area contributed by atoms with E-state index in [1.54, 1.807) is 13.8 Å². The molecule has 0 atom stereocenters. The van der Waals surface area contributed by atoms with Crippen LogP contribution >= 0.6 is 0 Å². The summed E-state index contributed by atoms with van der Waals surface area (Å²) in [6, 6.07) is 2.20. The third-order valence-corrected chi connectivity index (χ3v) is 1.49. The number of ether oxygens (including phenoxy) is 1. The zero-order valence-corrected chi connectivity index (χ0v) is 12.0. The third kappa shape index (κ3) is 5.35. The Hall–Kier alpha value is 0.441. The second-order valence-electron chi connectivity index (χ2n) is 3.17. The molecule has 0 aliphatic rings. The van der Waals surface area contributed by atoms with Gasteiger partial charge in [0.2, 0.25) is 5.88 Å². The molecular formula is C8H10BF3KNO. The number of pyridine rings is 1. The second kappa shape index (κ2) is 6.24. The molecule has 0 fully saturated rings. The fourth-order valence-electron chi connectivity index (χ4n) is 0.897. The molecule has 78 valence electrons. The van der Waals surface area contributed by atoms with Crippen LogP contribution in [0, 0.1) is 0 Å². The molecule has 1 rings (SSSR count). The van der Waals surface area contributed by atoms with Crippen LogP contribution in [-0.4, -0.2) is 18.1 Å². The van der Waals surface area contributed by atoms with E-state index < -0.39 is 12.4 Å². The summed E-state index contributed by atoms with van der Waals surface area (Å²) in [6.45, 7) is -1.40. The van der Waals surface area contributed by atoms with Crippen molar-refractivity contribution in [3.63, 3.8) is 0 Å². The van der Waals surface area contributed by atoms with Crippen molar-refractivity contribution in [2.75, 3.05) is 0 Å². The molecule has 0 amide bonds. The van der Waals surface area contributed by atoms with Gasteiger partial charge in [0.25, 0.3) is 0 Å². The average Bonchev–Trinajstić information content (AvgIpc) is 2.02. The topological polar surface area (TPSA) is 22.1 Å². The SMILES string of the molecule is CC(C)Oc1ccc([B-](F)(F)F)cn1.[K+]. The molecule has 0 saturated heterocycles. The van der Waals surface area contributed by atoms with E-state index in [9.17, 15) is 12.9 Å². The Bertz CT molecular complexity index is 302. The summed E-state index contributed by atoms with van der Waals surface area (Å²) in [5, 5.41) is 0. The Labute approximate surface area is 129 Å². The van der Waals surface area contributed by atoms with Gasteiger partial charge in [0.1, 0.15) is 0 Å². The monoisotopic (exact) mass is 243 g/mol. The average molecular weight is 243 g/mol. The van der Waals surface area contributed by atoms with Crippen molar-refractivity contribution in [1.29, 1.82) is 0 Å². The van der Waals surface area contributed by atoms with Crippen molar-refractivity contribution < 1.29 is 69.1 Å². The predicted octanol–water partition coefficient (Wildman–Crippen LogP) is -1.07. The van der Waals surface area contributed by atoms with Crippen molar-refractivity contribution in [2.45, 2.75) is 20.0 Å². The Morgan fingerprint density at radius 3 is 2.20 bits per heavy atom. The van der Waals surface area contributed by atoms with E-state index in [1.807, 2.05) is 0 Å². The van der Waals surface area contributed by atoms with Crippen molar-refractivity contribution in [3.8, 4) is 5.88 Å². The summed E-state index contributed by atoms with van der Waals surface area (Å²) in [6.07, 6.45) is 0.697. The van der Waals surface area contributed by atoms with Crippen LogP contribution in [0.5, 0.6) is 5.88 Å². The van der Waals surface area contributed by atoms with Gasteiger partial charge in [0.05, 0.1) is 6.10 Å². The molecular weight excluding hydrogens is 233 g/mol. The molecule has 0 unspecified atom stereocenters. The first-order chi connectivity index (χ1) is 6.39. The number of rotatable bonds is 3. The van der Waals surface area contributed by atoms with Gasteiger partial charge < -0.3 is 17.7 Å². The molecule has 2 nitrogen and oxygen atoms in total. The van der Waals surface area contributed by atoms with Crippen LogP contribution in [0.15, 0.2) is 18.3 Å². The summed E-state index contributed by atoms with van der Waals surface area (Å²) in [5.41, 5.74) is -0.707. The van der Waals surface area contributed by atoms with Gasteiger partial charge in [-0.3, -0.25) is 0 Å². The Kier molecular flexibility index (Phi) is 6.43. The summed E-state index contributed by atoms with van der Waals surface area (Å²) >= 11 is 0. The number of halogens is 3. The maximum absolute atomic E-state index is 12.2. The maximum atomic E-state index is 12.2. The Morgan fingerprint density at radius 2 is 1.87 bits per heavy atom. The van der Waals surface area contributed by atoms with Crippen molar-refractivity contribution in [2.24, 2.45) is 0 Å². The van der Waals surface area contributed by atoms with E-state index in [4.69, 9.17) is 4.74 Å². The van der Waals surface area contributed by atoms with Crippen molar-refractivity contribution >= 4 is 12.4 Å². The molecule has 1 heterocycles. The largest absolute Gasteiger partial charge is 1.00 e. The molecule has 0 bridgehead atoms. The van der Waals surface area contributed by atoms with Crippen LogP contribution in [0.4, 0.5) is 12.9 Å². The molecule has 0 saturated carbocycles. The van der Waals surface area contributed by atoms with Gasteiger partial charge in [0, 0.05) is 6.20 Å². The molecule has 15 heavy (non-hydrogen) atoms. The minimum atomic E-state index is -4.96. The number of hydrogen-bond donors (Lipinski definition) is 0. The molecule has 0 N–H and O–H groups in total. The minimum Gasteiger partial charge on any atom is -0.475 e. The number of aromatic nitrogens is 1. The smallest absolute Gasteiger partial charge is 0.475 e. The molecule has 0 spiro atoms. The molecule has 0 aromatic carbocycles. The van der Waals surface area contributed by atoms with Crippen molar-refractivity contribution in [1.82, 2.24) is 4.98 Å². The third-order valence-electron chi connectivity index (χ3n) is 1.49. The predicted molar refractivity (Wildman–Crippen MR) is 48.7 cm³/mol. The molecule has 1 aromatic heterocycles. The van der Waals surface area contributed by atoms with E-state index in [1.165, 1.54) is 6.07 Å². The number of hydrogen-bond acceptors (Lipinski definition) is 2. The van der Waals surface area contributed by atoms with Crippen molar-refractivity contribution in [3.05, 3.63) is 18.3 Å². The zero-order valence-electron chi connectivity index (χ0n) is 8.88. The molecule has 7 heteroatoms. The van der Waals surface area contributed by atoms with Gasteiger partial charge in [0.15, 0.2) is 0 Å². The van der Waals surface area contributed by atoms with Gasteiger partial charge in [-0.2, -0.15) is 0 Å². The first kappa shape index (κ1) is 15.4. The Balaban J connectivity index is 0.00000196. The molecule has 0 aliphatic carbocycles. The normalized spacial score (nSPS) is 11.1. The number of nitrogens with zero attached hydrogens (tertiary/aromatic N) is 1. The first-order valence-electron chi connectivity index (χ1n) is 4.22. The van der Waals surface area contributed by atoms with Gasteiger partial charge in [-0.1, -0.05) is 11.5 Å². The summed E-state index contributed by atoms with van der Waals surface area (Å²) in [4.78, 5) is 3.56. The molecule has 0 aliphatic heterocycles. The van der Waals surface area contributed by atoms with E-state index in [-0.39, 0.29) is 63.4 Å². The van der Waals surface area contributed by atoms with Crippen LogP contribution in [0.3, 0.4) is 0 Å². The Morgan fingerprint density at radius 1 is 1.27 bits per heavy atom. The van der Waals surface area contributed by atoms with E-state index in [2.05, 4.69) is 4.98 Å². The summed E-state index contributed by atoms with van der Waals surface area (Å²) < 4.78 is 41.6. The van der Waals surface area contributed by atoms with Gasteiger partial charge in [-0.05, 0) is 19.9 Å². The zero-order chi connectivity index (χ0) is 10.8. The fraction of sp³-hybridized carbons (Fsp3) is 0.375. The quantitative estimate of drug-likeness (QED) is 0.630. The van der Waals surface area contributed by atoms with Crippen LogP contribution in [0.25, 0.3) is 0 Å². The summed E-state index contributed by atoms with van der Waals surface area (Å²) in [5.74, 6) is 0.212. The second-order valence-corrected chi connectivity index (χ2v) is 3.17. The van der Waals surface area contributed by atoms with Crippen LogP contribution < -0.4 is 61.6 Å². The maximum Gasteiger partial charge on any atom is 1.00 e. The fourth-order valence-corrected chi connectivity index (χ4v) is 0.897.